The lowest BCUT2D eigenvalue weighted by molar-refractivity contribution is -0.142. The molecule has 108 heavy (non-hydrogen) atoms. The number of guanidine groups is 3. The summed E-state index contributed by atoms with van der Waals surface area (Å²) in [6.45, 7) is 4.51. The molecule has 0 bridgehead atoms. The number of amides is 12. The van der Waals surface area contributed by atoms with Crippen LogP contribution in [0.2, 0.25) is 0 Å². The summed E-state index contributed by atoms with van der Waals surface area (Å²) in [6, 6.07) is -0.507. The van der Waals surface area contributed by atoms with E-state index in [4.69, 9.17) is 40.1 Å². The summed E-state index contributed by atoms with van der Waals surface area (Å²) in [4.78, 5) is 203. The zero-order chi connectivity index (χ0) is 81.0. The van der Waals surface area contributed by atoms with Crippen LogP contribution in [-0.4, -0.2) is 240 Å². The smallest absolute Gasteiger partial charge is 0.305 e. The monoisotopic (exact) mass is 1560 g/mol. The Labute approximate surface area is 636 Å². The minimum absolute atomic E-state index is 0.00141. The Morgan fingerprint density at radius 1 is 0.444 bits per heavy atom. The fourth-order valence-corrected chi connectivity index (χ4v) is 10.7. The van der Waals surface area contributed by atoms with Gasteiger partial charge in [-0.25, -0.2) is 0 Å². The van der Waals surface area contributed by atoms with Gasteiger partial charge in [0.25, 0.3) is 0 Å². The first-order valence-corrected chi connectivity index (χ1v) is 36.2. The van der Waals surface area contributed by atoms with Crippen molar-refractivity contribution < 1.29 is 82.4 Å². The summed E-state index contributed by atoms with van der Waals surface area (Å²) in [5.41, 5.74) is 39.7. The van der Waals surface area contributed by atoms with Gasteiger partial charge in [-0.2, -0.15) is 25.3 Å². The summed E-state index contributed by atoms with van der Waals surface area (Å²) in [7, 11) is 0. The van der Waals surface area contributed by atoms with Crippen LogP contribution in [0.15, 0.2) is 75.6 Å². The van der Waals surface area contributed by atoms with Crippen LogP contribution in [0.3, 0.4) is 0 Å². The maximum atomic E-state index is 14.5. The van der Waals surface area contributed by atoms with E-state index in [2.05, 4.69) is 104 Å². The Morgan fingerprint density at radius 2 is 0.806 bits per heavy atom. The number of aliphatic imine (C=N–C) groups is 3. The van der Waals surface area contributed by atoms with Gasteiger partial charge in [-0.15, -0.1) is 0 Å². The molecule has 0 radical (unpaired) electrons. The van der Waals surface area contributed by atoms with Gasteiger partial charge in [0.15, 0.2) is 17.9 Å². The number of aldehydes is 1. The number of nitrogens with zero attached hydrogens (tertiary/aromatic N) is 3. The molecule has 41 heteroatoms. The van der Waals surface area contributed by atoms with Crippen LogP contribution < -0.4 is 104 Å². The highest BCUT2D eigenvalue weighted by Gasteiger charge is 2.38. The molecule has 0 saturated heterocycles. The van der Waals surface area contributed by atoms with Crippen LogP contribution in [0, 0.1) is 11.8 Å². The number of rotatable bonds is 52. The van der Waals surface area contributed by atoms with Crippen molar-refractivity contribution in [1.82, 2.24) is 63.8 Å². The number of nitrogens with one attached hydrogen (secondary N) is 12. The number of carbonyl (C=O) groups is 14. The fraction of sp³-hybridized carbons (Fsp3) is 0.567. The molecule has 0 fully saturated rings. The topological polar surface area (TPSA) is 663 Å². The van der Waals surface area contributed by atoms with Gasteiger partial charge in [-0.3, -0.25) is 77.3 Å². The lowest BCUT2D eigenvalue weighted by Gasteiger charge is -2.30. The summed E-state index contributed by atoms with van der Waals surface area (Å²) >= 11 is 8.48. The Hall–Kier alpha value is -10.4. The van der Waals surface area contributed by atoms with E-state index < -0.39 is 187 Å². The number of hydrogen-bond donors (Lipinski definition) is 24. The van der Waals surface area contributed by atoms with Gasteiger partial charge >= 0.3 is 5.97 Å². The van der Waals surface area contributed by atoms with Crippen molar-refractivity contribution in [2.75, 3.05) is 50.9 Å². The molecule has 2 rings (SSSR count). The second kappa shape index (κ2) is 51.0. The van der Waals surface area contributed by atoms with Gasteiger partial charge < -0.3 is 124 Å². The predicted octanol–water partition coefficient (Wildman–Crippen LogP) is -7.59. The normalized spacial score (nSPS) is 14.8. The molecule has 0 aliphatic rings. The highest BCUT2D eigenvalue weighted by molar-refractivity contribution is 7.80. The molecule has 0 aromatic heterocycles. The first kappa shape index (κ1) is 93.7. The van der Waals surface area contributed by atoms with E-state index >= 15 is 0 Å². The number of thiol groups is 2. The van der Waals surface area contributed by atoms with Crippen LogP contribution in [0.25, 0.3) is 0 Å². The number of aliphatic hydroxyl groups excluding tert-OH is 2. The number of nitrogens with two attached hydrogens (primary N) is 7. The average Bonchev–Trinajstić information content (AvgIpc) is 0.856. The van der Waals surface area contributed by atoms with Gasteiger partial charge in [0.1, 0.15) is 72.7 Å². The van der Waals surface area contributed by atoms with Crippen molar-refractivity contribution in [1.29, 1.82) is 0 Å². The van der Waals surface area contributed by atoms with E-state index in [1.807, 2.05) is 0 Å². The van der Waals surface area contributed by atoms with Crippen LogP contribution in [0.4, 0.5) is 0 Å². The molecule has 0 spiro atoms. The number of hydrogen-bond acceptors (Lipinski definition) is 22. The predicted molar refractivity (Wildman–Crippen MR) is 406 cm³/mol. The second-order valence-corrected chi connectivity index (χ2v) is 26.0. The molecule has 14 atom stereocenters. The van der Waals surface area contributed by atoms with Crippen molar-refractivity contribution in [2.45, 2.75) is 177 Å². The van der Waals surface area contributed by atoms with E-state index in [0.29, 0.717) is 23.8 Å². The lowest BCUT2D eigenvalue weighted by atomic mass is 9.96. The third-order valence-electron chi connectivity index (χ3n) is 16.7. The van der Waals surface area contributed by atoms with Crippen molar-refractivity contribution in [2.24, 2.45) is 66.9 Å². The number of carboxylic acid groups (broad SMARTS) is 1. The Balaban J connectivity index is 2.44. The molecule has 0 aliphatic carbocycles. The molecule has 2 aromatic rings. The SMILES string of the molecule is CC[C@H](C)[C@H](NC(=O)[C@H](CCCN=C(N)N)NC(=O)CCNC(=O)[C@H](Cc1ccccc1)NC(=O)[C@H](CS)NC(=O)[C@H](CO)NC(=O)[C@@H](N)CO)C(=O)N[C@@H](CC(=O)O)C(=O)N[C@@H](CCCN=C(N)N)C(=O)N[C@H](C(=O)N[C@@H](CS)C(=O)N[C@@H](Cc1ccccc1)C(=O)N[C@H](C=O)CCCN=C(N)N)[C@@H](C)CC. The maximum Gasteiger partial charge on any atom is 0.305 e. The van der Waals surface area contributed by atoms with Crippen LogP contribution >= 0.6 is 25.3 Å². The van der Waals surface area contributed by atoms with E-state index in [0.717, 1.165) is 0 Å². The summed E-state index contributed by atoms with van der Waals surface area (Å²) < 4.78 is 0. The minimum Gasteiger partial charge on any atom is -0.481 e. The number of aliphatic hydroxyl groups is 2. The van der Waals surface area contributed by atoms with Crippen LogP contribution in [-0.2, 0) is 80.0 Å². The molecule has 0 unspecified atom stereocenters. The van der Waals surface area contributed by atoms with E-state index in [1.165, 1.54) is 0 Å². The fourth-order valence-electron chi connectivity index (χ4n) is 10.2. The summed E-state index contributed by atoms with van der Waals surface area (Å²) in [6.07, 6.45) is -0.612. The maximum absolute atomic E-state index is 14.5. The van der Waals surface area contributed by atoms with Crippen molar-refractivity contribution in [3.05, 3.63) is 71.8 Å². The highest BCUT2D eigenvalue weighted by atomic mass is 32.1. The van der Waals surface area contributed by atoms with Gasteiger partial charge in [0.05, 0.1) is 25.7 Å². The number of carbonyl (C=O) groups excluding carboxylic acids is 13. The lowest BCUT2D eigenvalue weighted by Crippen LogP contribution is -2.62. The molecule has 12 amide bonds. The first-order chi connectivity index (χ1) is 51.2. The van der Waals surface area contributed by atoms with Crippen LogP contribution in [0.5, 0.6) is 0 Å². The van der Waals surface area contributed by atoms with Crippen molar-refractivity contribution >= 4 is 126 Å². The Kier molecular flexibility index (Phi) is 44.2. The number of benzene rings is 2. The van der Waals surface area contributed by atoms with E-state index in [9.17, 15) is 82.4 Å². The molecule has 29 N–H and O–H groups in total. The molecule has 39 nitrogen and oxygen atoms in total. The summed E-state index contributed by atoms with van der Waals surface area (Å²) in [5, 5.41) is 59.3. The third-order valence-corrected chi connectivity index (χ3v) is 17.4. The van der Waals surface area contributed by atoms with E-state index in [1.54, 1.807) is 88.4 Å². The molecular weight excluding hydrogens is 1450 g/mol. The standard InChI is InChI=1S/C67H108N22O17S2/c1-5-36(3)52(88-56(98)42(21-14-25-77-66(71)72)80-50(93)23-27-75-55(97)44(28-38-16-9-7-10-17-38)82-61(103)48(34-107)86-60(102)47(33-92)85-54(96)41(68)32-91)63(105)84-46(30-51(94)95)59(101)81-43(22-15-26-78-67(73)74)57(99)89-53(37(4)6-2)64(106)87-49(35-108)62(104)83-45(29-39-18-11-8-12-19-39)58(100)79-40(31-90)20-13-24-76-65(69)70/h7-12,16-19,31,36-37,40-49,52-53,91-92,107-108H,5-6,13-15,20-30,32-35,68H2,1-4H3,(H,75,97)(H,79,100)(H,80,93)(H,81,101)(H,82,103)(H,83,104)(H,84,105)(H,85,96)(H,86,102)(H,87,106)(H,88,98)(H,89,99)(H,94,95)(H4,69,70,76)(H4,71,72,77)(H4,73,74,78)/t36-,37-,40-,41-,42-,43-,44-,45-,46-,47-,48-,49-,52-,53-/m0/s1. The molecule has 2 aromatic carbocycles. The van der Waals surface area contributed by atoms with Gasteiger partial charge in [0.2, 0.25) is 70.9 Å². The minimum atomic E-state index is -1.96. The third kappa shape index (κ3) is 35.8. The van der Waals surface area contributed by atoms with Crippen molar-refractivity contribution in [3.8, 4) is 0 Å². The quantitative estimate of drug-likeness (QED) is 0.00962. The van der Waals surface area contributed by atoms with Gasteiger partial charge in [-0.1, -0.05) is 101 Å². The second-order valence-electron chi connectivity index (χ2n) is 25.2. The Morgan fingerprint density at radius 3 is 1.21 bits per heavy atom. The van der Waals surface area contributed by atoms with Crippen LogP contribution in [0.1, 0.15) is 103 Å². The zero-order valence-corrected chi connectivity index (χ0v) is 62.7. The van der Waals surface area contributed by atoms with Gasteiger partial charge in [0, 0.05) is 56.9 Å². The largest absolute Gasteiger partial charge is 0.481 e. The number of carboxylic acids is 1. The zero-order valence-electron chi connectivity index (χ0n) is 60.9. The van der Waals surface area contributed by atoms with Crippen molar-refractivity contribution in [3.63, 3.8) is 0 Å². The molecular formula is C67H108N22O17S2. The van der Waals surface area contributed by atoms with Gasteiger partial charge in [-0.05, 0) is 61.5 Å². The average molecular weight is 1560 g/mol. The van der Waals surface area contributed by atoms with E-state index in [-0.39, 0.29) is 113 Å². The number of aliphatic carboxylic acids is 1. The summed E-state index contributed by atoms with van der Waals surface area (Å²) in [5.74, 6) is -15.7. The molecule has 600 valence electrons. The molecule has 0 heterocycles. The molecule has 0 aliphatic heterocycles. The Bertz CT molecular complexity index is 3370. The highest BCUT2D eigenvalue weighted by Crippen LogP contribution is 2.15. The first-order valence-electron chi connectivity index (χ1n) is 35.0. The molecule has 0 saturated carbocycles.